The van der Waals surface area contributed by atoms with Gasteiger partial charge in [0.05, 0.1) is 25.8 Å². The zero-order valence-corrected chi connectivity index (χ0v) is 25.4. The molecule has 2 atom stereocenters. The number of hydrogen-bond donors (Lipinski definition) is 2. The normalized spacial score (nSPS) is 16.2. The Hall–Kier alpha value is -2.39. The minimum absolute atomic E-state index is 0.176. The summed E-state index contributed by atoms with van der Waals surface area (Å²) in [5.74, 6) is -0.941. The summed E-state index contributed by atoms with van der Waals surface area (Å²) in [5, 5.41) is 9.70. The molecule has 0 saturated heterocycles. The molecule has 1 aromatic carbocycles. The summed E-state index contributed by atoms with van der Waals surface area (Å²) in [6.07, 6.45) is 5.72. The fourth-order valence-corrected chi connectivity index (χ4v) is 5.47. The lowest BCUT2D eigenvalue weighted by Gasteiger charge is -2.21. The van der Waals surface area contributed by atoms with Gasteiger partial charge in [0.15, 0.2) is 0 Å². The first kappa shape index (κ1) is 31.8. The molecule has 38 heavy (non-hydrogen) atoms. The van der Waals surface area contributed by atoms with Crippen LogP contribution in [0.4, 0.5) is 0 Å². The van der Waals surface area contributed by atoms with Crippen LogP contribution in [-0.4, -0.2) is 57.0 Å². The van der Waals surface area contributed by atoms with Crippen LogP contribution >= 0.6 is 7.60 Å². The van der Waals surface area contributed by atoms with Crippen molar-refractivity contribution in [3.8, 4) is 11.5 Å². The molecule has 0 fully saturated rings. The number of carbonyl (C=O) groups is 2. The van der Waals surface area contributed by atoms with Gasteiger partial charge in [-0.15, -0.1) is 0 Å². The number of aliphatic carboxylic acids is 1. The van der Waals surface area contributed by atoms with Crippen LogP contribution in [0.2, 0.25) is 25.7 Å². The zero-order chi connectivity index (χ0) is 28.7. The topological polar surface area (TPSA) is 129 Å². The highest BCUT2D eigenvalue weighted by atomic mass is 31.2. The molecule has 0 saturated carbocycles. The van der Waals surface area contributed by atoms with Crippen molar-refractivity contribution in [2.75, 3.05) is 27.0 Å². The summed E-state index contributed by atoms with van der Waals surface area (Å²) >= 11 is 0. The molecule has 0 spiro atoms. The van der Waals surface area contributed by atoms with Crippen molar-refractivity contribution in [2.24, 2.45) is 5.92 Å². The molecule has 0 amide bonds. The summed E-state index contributed by atoms with van der Waals surface area (Å²) in [5.41, 5.74) is 3.65. The average molecular weight is 569 g/mol. The number of methoxy groups -OCH3 is 1. The smallest absolute Gasteiger partial charge is 0.342 e. The lowest BCUT2D eigenvalue weighted by Crippen LogP contribution is -2.23. The predicted molar refractivity (Wildman–Crippen MR) is 149 cm³/mol. The number of rotatable bonds is 15. The van der Waals surface area contributed by atoms with Crippen molar-refractivity contribution in [1.82, 2.24) is 0 Å². The third kappa shape index (κ3) is 8.83. The van der Waals surface area contributed by atoms with Gasteiger partial charge in [-0.05, 0) is 44.7 Å². The van der Waals surface area contributed by atoms with Gasteiger partial charge >= 0.3 is 19.5 Å². The van der Waals surface area contributed by atoms with Crippen LogP contribution in [0, 0.1) is 12.8 Å². The second-order valence-electron chi connectivity index (χ2n) is 10.8. The largest absolute Gasteiger partial charge is 0.496 e. The number of allylic oxidation sites excluding steroid dienone is 4. The lowest BCUT2D eigenvalue weighted by atomic mass is 9.93. The molecule has 1 aliphatic heterocycles. The van der Waals surface area contributed by atoms with Gasteiger partial charge in [-0.3, -0.25) is 9.36 Å². The maximum absolute atomic E-state index is 12.7. The third-order valence-corrected chi connectivity index (χ3v) is 9.45. The van der Waals surface area contributed by atoms with Gasteiger partial charge in [0.25, 0.3) is 0 Å². The van der Waals surface area contributed by atoms with Crippen LogP contribution in [0.15, 0.2) is 23.8 Å². The van der Waals surface area contributed by atoms with Gasteiger partial charge in [-0.2, -0.15) is 0 Å². The number of carboxylic acid groups (broad SMARTS) is 1. The van der Waals surface area contributed by atoms with E-state index in [1.807, 2.05) is 19.9 Å². The monoisotopic (exact) mass is 568 g/mol. The number of cyclic esters (lactones) is 1. The predicted octanol–water partition coefficient (Wildman–Crippen LogP) is 5.75. The highest BCUT2D eigenvalue weighted by molar-refractivity contribution is 7.53. The number of carboxylic acids is 1. The maximum atomic E-state index is 12.7. The Labute approximate surface area is 226 Å². The highest BCUT2D eigenvalue weighted by Gasteiger charge is 2.33. The second-order valence-corrected chi connectivity index (χ2v) is 18.4. The van der Waals surface area contributed by atoms with E-state index in [9.17, 15) is 24.2 Å². The molecule has 1 heterocycles. The first-order chi connectivity index (χ1) is 17.7. The van der Waals surface area contributed by atoms with Crippen LogP contribution in [0.5, 0.6) is 11.5 Å². The van der Waals surface area contributed by atoms with E-state index in [1.165, 1.54) is 6.08 Å². The molecule has 2 unspecified atom stereocenters. The van der Waals surface area contributed by atoms with Crippen molar-refractivity contribution >= 4 is 27.6 Å². The number of hydrogen-bond acceptors (Lipinski definition) is 7. The van der Waals surface area contributed by atoms with E-state index in [-0.39, 0.29) is 19.2 Å². The minimum atomic E-state index is -3.67. The summed E-state index contributed by atoms with van der Waals surface area (Å²) in [4.78, 5) is 34.0. The SMILES string of the molecule is COc1c(C)c2c(c(OCC[Si](C)(C)C)c1CC=C(C)CC(CC=CCP(=O)(O)OC)C(=O)O)C(=O)OC2. The number of benzene rings is 1. The molecule has 0 aromatic heterocycles. The molecule has 1 aliphatic rings. The van der Waals surface area contributed by atoms with Crippen LogP contribution in [0.1, 0.15) is 46.8 Å². The summed E-state index contributed by atoms with van der Waals surface area (Å²) < 4.78 is 33.4. The summed E-state index contributed by atoms with van der Waals surface area (Å²) in [7, 11) is -2.31. The number of carbonyl (C=O) groups excluding carboxylic acids is 1. The standard InChI is InChI=1S/C27H41O9PSi/c1-18(16-20(26(28)29)10-8-9-14-37(31,32)34-4)11-12-21-24(33-3)19(2)22-17-36-27(30)23(22)25(21)35-13-15-38(5,6)7/h8-9,11,20H,10,12-17H2,1-7H3,(H,28,29)(H,31,32). The van der Waals surface area contributed by atoms with Crippen LogP contribution in [-0.2, 0) is 31.6 Å². The molecule has 1 aromatic rings. The van der Waals surface area contributed by atoms with Crippen molar-refractivity contribution in [2.45, 2.75) is 65.4 Å². The van der Waals surface area contributed by atoms with E-state index in [0.717, 1.165) is 35.4 Å². The zero-order valence-electron chi connectivity index (χ0n) is 23.5. The third-order valence-electron chi connectivity index (χ3n) is 6.51. The van der Waals surface area contributed by atoms with Gasteiger partial charge in [-0.25, -0.2) is 4.79 Å². The quantitative estimate of drug-likeness (QED) is 0.118. The molecule has 212 valence electrons. The van der Waals surface area contributed by atoms with Gasteiger partial charge in [0.2, 0.25) is 0 Å². The molecule has 9 nitrogen and oxygen atoms in total. The number of esters is 1. The van der Waals surface area contributed by atoms with Crippen LogP contribution in [0.3, 0.4) is 0 Å². The molecular weight excluding hydrogens is 527 g/mol. The molecule has 2 rings (SSSR count). The van der Waals surface area contributed by atoms with Crippen molar-refractivity contribution in [3.63, 3.8) is 0 Å². The van der Waals surface area contributed by atoms with Crippen molar-refractivity contribution in [1.29, 1.82) is 0 Å². The Morgan fingerprint density at radius 2 is 1.89 bits per heavy atom. The van der Waals surface area contributed by atoms with E-state index in [1.54, 1.807) is 13.2 Å². The van der Waals surface area contributed by atoms with Gasteiger partial charge < -0.3 is 28.7 Å². The Morgan fingerprint density at radius 3 is 2.47 bits per heavy atom. The Balaban J connectivity index is 2.30. The van der Waals surface area contributed by atoms with Gasteiger partial charge in [0.1, 0.15) is 23.7 Å². The first-order valence-electron chi connectivity index (χ1n) is 12.6. The number of fused-ring (bicyclic) bond motifs is 1. The highest BCUT2D eigenvalue weighted by Crippen LogP contribution is 2.43. The van der Waals surface area contributed by atoms with Crippen LogP contribution < -0.4 is 9.47 Å². The Bertz CT molecular complexity index is 1130. The Kier molecular flexibility index (Phi) is 11.4. The minimum Gasteiger partial charge on any atom is -0.496 e. The molecule has 11 heteroatoms. The fraction of sp³-hybridized carbons (Fsp3) is 0.556. The van der Waals surface area contributed by atoms with E-state index >= 15 is 0 Å². The molecule has 0 radical (unpaired) electrons. The van der Waals surface area contributed by atoms with E-state index in [0.29, 0.717) is 36.5 Å². The molecule has 0 bridgehead atoms. The number of ether oxygens (including phenoxy) is 3. The molecule has 2 N–H and O–H groups in total. The van der Waals surface area contributed by atoms with Crippen molar-refractivity contribution in [3.05, 3.63) is 46.1 Å². The maximum Gasteiger partial charge on any atom is 0.342 e. The second kappa shape index (κ2) is 13.6. The van der Waals surface area contributed by atoms with Crippen LogP contribution in [0.25, 0.3) is 0 Å². The van der Waals surface area contributed by atoms with Gasteiger partial charge in [0, 0.05) is 26.3 Å². The van der Waals surface area contributed by atoms with Crippen molar-refractivity contribution < 1.29 is 42.9 Å². The van der Waals surface area contributed by atoms with E-state index in [2.05, 4.69) is 24.2 Å². The Morgan fingerprint density at radius 1 is 1.21 bits per heavy atom. The average Bonchev–Trinajstić information content (AvgIpc) is 3.22. The van der Waals surface area contributed by atoms with E-state index in [4.69, 9.17) is 14.2 Å². The first-order valence-corrected chi connectivity index (χ1v) is 18.1. The summed E-state index contributed by atoms with van der Waals surface area (Å²) in [6.45, 7) is 11.2. The molecular formula is C27H41O9PSi. The molecule has 0 aliphatic carbocycles. The van der Waals surface area contributed by atoms with Gasteiger partial charge in [-0.1, -0.05) is 43.4 Å². The fourth-order valence-electron chi connectivity index (χ4n) is 4.19. The van der Waals surface area contributed by atoms with E-state index < -0.39 is 33.5 Å². The summed E-state index contributed by atoms with van der Waals surface area (Å²) in [6, 6.07) is 0.922. The lowest BCUT2D eigenvalue weighted by molar-refractivity contribution is -0.141.